The van der Waals surface area contributed by atoms with Crippen molar-refractivity contribution in [3.63, 3.8) is 0 Å². The molecule has 0 bridgehead atoms. The van der Waals surface area contributed by atoms with Crippen molar-refractivity contribution >= 4 is 27.8 Å². The van der Waals surface area contributed by atoms with Crippen molar-refractivity contribution in [2.75, 3.05) is 13.1 Å². The van der Waals surface area contributed by atoms with Gasteiger partial charge in [-0.25, -0.2) is 0 Å². The molecule has 3 rings (SSSR count). The molecule has 2 aromatic heterocycles. The van der Waals surface area contributed by atoms with Crippen LogP contribution in [0, 0.1) is 5.92 Å². The minimum absolute atomic E-state index is 0.232. The highest BCUT2D eigenvalue weighted by Gasteiger charge is 2.29. The van der Waals surface area contributed by atoms with Crippen molar-refractivity contribution in [2.45, 2.75) is 19.4 Å². The van der Waals surface area contributed by atoms with Gasteiger partial charge in [-0.3, -0.25) is 14.3 Å². The average Bonchev–Trinajstić information content (AvgIpc) is 3.16. The Labute approximate surface area is 141 Å². The van der Waals surface area contributed by atoms with E-state index in [4.69, 9.17) is 9.52 Å². The Kier molecular flexibility index (Phi) is 4.51. The normalized spacial score (nSPS) is 18.1. The summed E-state index contributed by atoms with van der Waals surface area (Å²) in [5, 5.41) is 13.2. The van der Waals surface area contributed by atoms with Crippen molar-refractivity contribution in [1.82, 2.24) is 14.7 Å². The van der Waals surface area contributed by atoms with Crippen LogP contribution in [0.4, 0.5) is 0 Å². The molecule has 0 unspecified atom stereocenters. The van der Waals surface area contributed by atoms with Crippen LogP contribution >= 0.6 is 15.9 Å². The topological polar surface area (TPSA) is 88.6 Å². The summed E-state index contributed by atoms with van der Waals surface area (Å²) in [7, 11) is 0. The Morgan fingerprint density at radius 1 is 1.43 bits per heavy atom. The summed E-state index contributed by atoms with van der Waals surface area (Å²) in [5.74, 6) is -0.757. The number of aromatic nitrogens is 2. The van der Waals surface area contributed by atoms with Crippen molar-refractivity contribution < 1.29 is 19.1 Å². The lowest BCUT2D eigenvalue weighted by atomic mass is 9.98. The maximum absolute atomic E-state index is 12.4. The number of carboxylic acids is 1. The molecule has 1 aliphatic heterocycles. The first-order valence-electron chi connectivity index (χ1n) is 7.31. The molecule has 0 spiro atoms. The molecule has 0 aromatic carbocycles. The number of hydrogen-bond acceptors (Lipinski definition) is 4. The first-order valence-corrected chi connectivity index (χ1v) is 8.11. The third-order valence-corrected chi connectivity index (χ3v) is 4.26. The molecule has 1 fully saturated rings. The first kappa shape index (κ1) is 15.8. The van der Waals surface area contributed by atoms with Crippen molar-refractivity contribution in [2.24, 2.45) is 5.92 Å². The van der Waals surface area contributed by atoms with E-state index in [0.29, 0.717) is 31.7 Å². The summed E-state index contributed by atoms with van der Waals surface area (Å²) in [5.41, 5.74) is 0. The number of rotatable bonds is 4. The van der Waals surface area contributed by atoms with E-state index < -0.39 is 11.9 Å². The summed E-state index contributed by atoms with van der Waals surface area (Å²) < 4.78 is 8.15. The highest BCUT2D eigenvalue weighted by Crippen LogP contribution is 2.20. The number of nitrogens with zero attached hydrogens (tertiary/aromatic N) is 3. The molecule has 1 N–H and O–H groups in total. The minimum atomic E-state index is -0.855. The summed E-state index contributed by atoms with van der Waals surface area (Å²) in [6.45, 7) is 1.22. The molecule has 0 saturated carbocycles. The lowest BCUT2D eigenvalue weighted by Crippen LogP contribution is -2.42. The van der Waals surface area contributed by atoms with Crippen LogP contribution < -0.4 is 0 Å². The van der Waals surface area contributed by atoms with Crippen molar-refractivity contribution in [1.29, 1.82) is 0 Å². The third-order valence-electron chi connectivity index (χ3n) is 3.85. The van der Waals surface area contributed by atoms with Gasteiger partial charge in [-0.2, -0.15) is 5.10 Å². The van der Waals surface area contributed by atoms with E-state index in [1.807, 2.05) is 6.20 Å². The number of carbonyl (C=O) groups excluding carboxylic acids is 1. The van der Waals surface area contributed by atoms with E-state index in [-0.39, 0.29) is 18.2 Å². The SMILES string of the molecule is O=C(O)[C@H]1CCCN(C(=O)c2ccc(Cn3cc(Br)cn3)o2)C1. The molecule has 1 amide bonds. The molecule has 122 valence electrons. The average molecular weight is 382 g/mol. The number of amides is 1. The van der Waals surface area contributed by atoms with Crippen LogP contribution in [-0.4, -0.2) is 44.8 Å². The van der Waals surface area contributed by atoms with E-state index in [0.717, 1.165) is 4.47 Å². The Balaban J connectivity index is 1.67. The lowest BCUT2D eigenvalue weighted by Gasteiger charge is -2.29. The van der Waals surface area contributed by atoms with Gasteiger partial charge in [0, 0.05) is 19.3 Å². The second-order valence-corrected chi connectivity index (χ2v) is 6.47. The van der Waals surface area contributed by atoms with Gasteiger partial charge in [0.25, 0.3) is 5.91 Å². The van der Waals surface area contributed by atoms with E-state index in [9.17, 15) is 9.59 Å². The maximum atomic E-state index is 12.4. The van der Waals surface area contributed by atoms with Gasteiger partial charge in [-0.15, -0.1) is 0 Å². The molecule has 1 atom stereocenters. The lowest BCUT2D eigenvalue weighted by molar-refractivity contribution is -0.143. The minimum Gasteiger partial charge on any atom is -0.481 e. The monoisotopic (exact) mass is 381 g/mol. The van der Waals surface area contributed by atoms with Crippen molar-refractivity contribution in [3.05, 3.63) is 40.5 Å². The molecular weight excluding hydrogens is 366 g/mol. The third kappa shape index (κ3) is 3.64. The number of likely N-dealkylation sites (tertiary alicyclic amines) is 1. The number of halogens is 1. The number of carbonyl (C=O) groups is 2. The smallest absolute Gasteiger partial charge is 0.308 e. The van der Waals surface area contributed by atoms with E-state index in [1.54, 1.807) is 27.9 Å². The molecule has 0 radical (unpaired) electrons. The Bertz CT molecular complexity index is 724. The van der Waals surface area contributed by atoms with Gasteiger partial charge < -0.3 is 14.4 Å². The Hall–Kier alpha value is -2.09. The van der Waals surface area contributed by atoms with E-state index in [1.165, 1.54) is 0 Å². The number of furan rings is 1. The zero-order chi connectivity index (χ0) is 16.4. The van der Waals surface area contributed by atoms with Gasteiger partial charge in [0.1, 0.15) is 5.76 Å². The predicted octanol–water partition coefficient (Wildman–Crippen LogP) is 2.22. The number of carboxylic acid groups (broad SMARTS) is 1. The van der Waals surface area contributed by atoms with Gasteiger partial charge in [0.15, 0.2) is 5.76 Å². The van der Waals surface area contributed by atoms with Gasteiger partial charge in [0.05, 0.1) is 23.1 Å². The van der Waals surface area contributed by atoms with Gasteiger partial charge in [-0.05, 0) is 40.9 Å². The summed E-state index contributed by atoms with van der Waals surface area (Å²) in [6, 6.07) is 3.36. The summed E-state index contributed by atoms with van der Waals surface area (Å²) in [6.07, 6.45) is 4.79. The van der Waals surface area contributed by atoms with E-state index >= 15 is 0 Å². The van der Waals surface area contributed by atoms with Crippen LogP contribution in [0.25, 0.3) is 0 Å². The van der Waals surface area contributed by atoms with Gasteiger partial charge in [-0.1, -0.05) is 0 Å². The van der Waals surface area contributed by atoms with Crippen LogP contribution in [0.5, 0.6) is 0 Å². The fraction of sp³-hybridized carbons (Fsp3) is 0.400. The quantitative estimate of drug-likeness (QED) is 0.876. The fourth-order valence-electron chi connectivity index (χ4n) is 2.68. The molecule has 8 heteroatoms. The fourth-order valence-corrected chi connectivity index (χ4v) is 3.01. The molecule has 3 heterocycles. The van der Waals surface area contributed by atoms with Gasteiger partial charge >= 0.3 is 5.97 Å². The number of hydrogen-bond donors (Lipinski definition) is 1. The largest absolute Gasteiger partial charge is 0.481 e. The zero-order valence-corrected chi connectivity index (χ0v) is 13.9. The predicted molar refractivity (Wildman–Crippen MR) is 84.0 cm³/mol. The standard InChI is InChI=1S/C15H16BrN3O4/c16-11-6-17-19(8-11)9-12-3-4-13(23-12)14(20)18-5-1-2-10(7-18)15(21)22/h3-4,6,8,10H,1-2,5,7,9H2,(H,21,22)/t10-/m0/s1. The molecule has 23 heavy (non-hydrogen) atoms. The summed E-state index contributed by atoms with van der Waals surface area (Å²) in [4.78, 5) is 25.1. The molecule has 2 aromatic rings. The van der Waals surface area contributed by atoms with Crippen LogP contribution in [0.3, 0.4) is 0 Å². The van der Waals surface area contributed by atoms with Crippen molar-refractivity contribution in [3.8, 4) is 0 Å². The van der Waals surface area contributed by atoms with Crippen LogP contribution in [-0.2, 0) is 11.3 Å². The molecule has 1 aliphatic rings. The Morgan fingerprint density at radius 3 is 2.96 bits per heavy atom. The van der Waals surface area contributed by atoms with Crippen LogP contribution in [0.15, 0.2) is 33.4 Å². The molecule has 1 saturated heterocycles. The Morgan fingerprint density at radius 2 is 2.26 bits per heavy atom. The zero-order valence-electron chi connectivity index (χ0n) is 12.3. The first-order chi connectivity index (χ1) is 11.0. The molecular formula is C15H16BrN3O4. The maximum Gasteiger partial charge on any atom is 0.308 e. The van der Waals surface area contributed by atoms with E-state index in [2.05, 4.69) is 21.0 Å². The van der Waals surface area contributed by atoms with Crippen LogP contribution in [0.2, 0.25) is 0 Å². The van der Waals surface area contributed by atoms with Crippen LogP contribution in [0.1, 0.15) is 29.2 Å². The summed E-state index contributed by atoms with van der Waals surface area (Å²) >= 11 is 3.32. The molecule has 0 aliphatic carbocycles. The van der Waals surface area contributed by atoms with Gasteiger partial charge in [0.2, 0.25) is 0 Å². The highest BCUT2D eigenvalue weighted by atomic mass is 79.9. The second-order valence-electron chi connectivity index (χ2n) is 5.55. The number of piperidine rings is 1. The molecule has 7 nitrogen and oxygen atoms in total. The second kappa shape index (κ2) is 6.57. The number of aliphatic carboxylic acids is 1. The highest BCUT2D eigenvalue weighted by molar-refractivity contribution is 9.10.